The Hall–Kier alpha value is -0.940. The van der Waals surface area contributed by atoms with E-state index in [2.05, 4.69) is 20.9 Å². The number of nitrogens with zero attached hydrogens (tertiary/aromatic N) is 2. The molecule has 1 aromatic heterocycles. The molecule has 0 unspecified atom stereocenters. The molecule has 16 heavy (non-hydrogen) atoms. The van der Waals surface area contributed by atoms with E-state index in [0.29, 0.717) is 6.54 Å². The van der Waals surface area contributed by atoms with Crippen LogP contribution < -0.4 is 0 Å². The quantitative estimate of drug-likeness (QED) is 0.871. The fraction of sp³-hybridized carbons (Fsp3) is 0.455. The van der Waals surface area contributed by atoms with Crippen LogP contribution in [-0.4, -0.2) is 34.0 Å². The van der Waals surface area contributed by atoms with Crippen LogP contribution >= 0.6 is 15.9 Å². The van der Waals surface area contributed by atoms with Crippen LogP contribution in [0.3, 0.4) is 0 Å². The summed E-state index contributed by atoms with van der Waals surface area (Å²) in [6.07, 6.45) is 2.66. The second kappa shape index (κ2) is 6.60. The molecule has 0 fully saturated rings. The highest BCUT2D eigenvalue weighted by molar-refractivity contribution is 9.10. The number of aromatic nitrogens is 1. The Labute approximate surface area is 103 Å². The summed E-state index contributed by atoms with van der Waals surface area (Å²) >= 11 is 3.31. The number of aliphatic carboxylic acids is 1. The Bertz CT molecular complexity index is 340. The second-order valence-corrected chi connectivity index (χ2v) is 4.49. The first kappa shape index (κ1) is 13.1. The van der Waals surface area contributed by atoms with Gasteiger partial charge in [0.15, 0.2) is 0 Å². The maximum Gasteiger partial charge on any atom is 0.317 e. The lowest BCUT2D eigenvalue weighted by Gasteiger charge is -2.18. The summed E-state index contributed by atoms with van der Waals surface area (Å²) in [5.41, 5.74) is 0.887. The first-order valence-electron chi connectivity index (χ1n) is 5.16. The van der Waals surface area contributed by atoms with Crippen molar-refractivity contribution in [3.8, 4) is 0 Å². The third-order valence-electron chi connectivity index (χ3n) is 2.07. The molecule has 88 valence electrons. The number of pyridine rings is 1. The van der Waals surface area contributed by atoms with E-state index in [0.717, 1.165) is 23.1 Å². The van der Waals surface area contributed by atoms with E-state index in [-0.39, 0.29) is 6.54 Å². The van der Waals surface area contributed by atoms with Crippen LogP contribution in [0, 0.1) is 0 Å². The molecule has 0 radical (unpaired) electrons. The highest BCUT2D eigenvalue weighted by Crippen LogP contribution is 2.09. The Morgan fingerprint density at radius 3 is 2.81 bits per heavy atom. The van der Waals surface area contributed by atoms with Crippen molar-refractivity contribution in [2.75, 3.05) is 13.1 Å². The van der Waals surface area contributed by atoms with Crippen LogP contribution in [0.4, 0.5) is 0 Å². The van der Waals surface area contributed by atoms with Gasteiger partial charge in [0.05, 0.1) is 12.2 Å². The van der Waals surface area contributed by atoms with E-state index < -0.39 is 5.97 Å². The smallest absolute Gasteiger partial charge is 0.317 e. The molecule has 1 rings (SSSR count). The van der Waals surface area contributed by atoms with E-state index in [4.69, 9.17) is 5.11 Å². The van der Waals surface area contributed by atoms with Crippen LogP contribution in [0.25, 0.3) is 0 Å². The lowest BCUT2D eigenvalue weighted by atomic mass is 10.3. The van der Waals surface area contributed by atoms with Gasteiger partial charge in [0.2, 0.25) is 0 Å². The van der Waals surface area contributed by atoms with Crippen LogP contribution in [0.2, 0.25) is 0 Å². The maximum absolute atomic E-state index is 10.7. The monoisotopic (exact) mass is 286 g/mol. The summed E-state index contributed by atoms with van der Waals surface area (Å²) in [6, 6.07) is 3.81. The third kappa shape index (κ3) is 4.72. The average molecular weight is 287 g/mol. The Morgan fingerprint density at radius 1 is 1.56 bits per heavy atom. The molecule has 5 heteroatoms. The molecule has 0 amide bonds. The van der Waals surface area contributed by atoms with Gasteiger partial charge in [-0.1, -0.05) is 6.92 Å². The molecule has 0 saturated carbocycles. The van der Waals surface area contributed by atoms with E-state index in [1.54, 1.807) is 6.20 Å². The standard InChI is InChI=1S/C11H15BrN2O2/c1-2-5-14(8-11(15)16)7-10-4-3-9(12)6-13-10/h3-4,6H,2,5,7-8H2,1H3,(H,15,16). The topological polar surface area (TPSA) is 53.4 Å². The third-order valence-corrected chi connectivity index (χ3v) is 2.54. The predicted octanol–water partition coefficient (Wildman–Crippen LogP) is 2.14. The van der Waals surface area contributed by atoms with Gasteiger partial charge < -0.3 is 5.11 Å². The zero-order valence-electron chi connectivity index (χ0n) is 9.19. The molecule has 0 aromatic carbocycles. The van der Waals surface area contributed by atoms with Crippen molar-refractivity contribution in [3.05, 3.63) is 28.5 Å². The Balaban J connectivity index is 2.59. The highest BCUT2D eigenvalue weighted by atomic mass is 79.9. The van der Waals surface area contributed by atoms with Crippen molar-refractivity contribution < 1.29 is 9.90 Å². The molecule has 0 spiro atoms. The number of rotatable bonds is 6. The van der Waals surface area contributed by atoms with Crippen LogP contribution in [0.1, 0.15) is 19.0 Å². The average Bonchev–Trinajstić information content (AvgIpc) is 2.21. The highest BCUT2D eigenvalue weighted by Gasteiger charge is 2.09. The predicted molar refractivity (Wildman–Crippen MR) is 65.1 cm³/mol. The zero-order chi connectivity index (χ0) is 12.0. The van der Waals surface area contributed by atoms with Crippen molar-refractivity contribution in [3.63, 3.8) is 0 Å². The van der Waals surface area contributed by atoms with Gasteiger partial charge in [-0.05, 0) is 41.0 Å². The van der Waals surface area contributed by atoms with Crippen LogP contribution in [0.5, 0.6) is 0 Å². The van der Waals surface area contributed by atoms with Crippen molar-refractivity contribution in [1.82, 2.24) is 9.88 Å². The fourth-order valence-electron chi connectivity index (χ4n) is 1.45. The Morgan fingerprint density at radius 2 is 2.31 bits per heavy atom. The lowest BCUT2D eigenvalue weighted by molar-refractivity contribution is -0.138. The SMILES string of the molecule is CCCN(CC(=O)O)Cc1ccc(Br)cn1. The van der Waals surface area contributed by atoms with E-state index in [1.165, 1.54) is 0 Å². The van der Waals surface area contributed by atoms with Gasteiger partial charge >= 0.3 is 5.97 Å². The number of carboxylic acid groups (broad SMARTS) is 1. The van der Waals surface area contributed by atoms with E-state index >= 15 is 0 Å². The minimum Gasteiger partial charge on any atom is -0.480 e. The normalized spacial score (nSPS) is 10.7. The number of halogens is 1. The molecule has 0 aliphatic heterocycles. The molecule has 0 aliphatic rings. The van der Waals surface area contributed by atoms with Gasteiger partial charge in [0.1, 0.15) is 0 Å². The summed E-state index contributed by atoms with van der Waals surface area (Å²) in [5, 5.41) is 8.76. The first-order chi connectivity index (χ1) is 7.61. The number of hydrogen-bond donors (Lipinski definition) is 1. The maximum atomic E-state index is 10.7. The summed E-state index contributed by atoms with van der Waals surface area (Å²) in [7, 11) is 0. The van der Waals surface area contributed by atoms with Gasteiger partial charge in [0, 0.05) is 17.2 Å². The summed E-state index contributed by atoms with van der Waals surface area (Å²) in [5.74, 6) is -0.800. The number of carboxylic acids is 1. The van der Waals surface area contributed by atoms with Gasteiger partial charge in [-0.2, -0.15) is 0 Å². The molecular weight excluding hydrogens is 272 g/mol. The minimum absolute atomic E-state index is 0.0611. The molecule has 1 N–H and O–H groups in total. The van der Waals surface area contributed by atoms with Gasteiger partial charge in [-0.15, -0.1) is 0 Å². The largest absolute Gasteiger partial charge is 0.480 e. The van der Waals surface area contributed by atoms with Crippen LogP contribution in [-0.2, 0) is 11.3 Å². The molecule has 1 heterocycles. The Kier molecular flexibility index (Phi) is 5.42. The lowest BCUT2D eigenvalue weighted by Crippen LogP contribution is -2.30. The molecule has 0 saturated heterocycles. The van der Waals surface area contributed by atoms with Crippen molar-refractivity contribution in [2.24, 2.45) is 0 Å². The van der Waals surface area contributed by atoms with E-state index in [1.807, 2.05) is 24.0 Å². The fourth-order valence-corrected chi connectivity index (χ4v) is 1.69. The van der Waals surface area contributed by atoms with Crippen molar-refractivity contribution >= 4 is 21.9 Å². The van der Waals surface area contributed by atoms with Gasteiger partial charge in [-0.25, -0.2) is 0 Å². The molecule has 0 atom stereocenters. The molecule has 0 bridgehead atoms. The summed E-state index contributed by atoms with van der Waals surface area (Å²) < 4.78 is 0.927. The van der Waals surface area contributed by atoms with Crippen molar-refractivity contribution in [1.29, 1.82) is 0 Å². The molecule has 1 aromatic rings. The number of carbonyl (C=O) groups is 1. The molecule has 4 nitrogen and oxygen atoms in total. The zero-order valence-corrected chi connectivity index (χ0v) is 10.8. The van der Waals surface area contributed by atoms with Gasteiger partial charge in [0.25, 0.3) is 0 Å². The first-order valence-corrected chi connectivity index (χ1v) is 5.95. The van der Waals surface area contributed by atoms with Crippen LogP contribution in [0.15, 0.2) is 22.8 Å². The molecular formula is C11H15BrN2O2. The molecule has 0 aliphatic carbocycles. The van der Waals surface area contributed by atoms with Crippen molar-refractivity contribution in [2.45, 2.75) is 19.9 Å². The minimum atomic E-state index is -0.800. The van der Waals surface area contributed by atoms with Gasteiger partial charge in [-0.3, -0.25) is 14.7 Å². The summed E-state index contributed by atoms with van der Waals surface area (Å²) in [6.45, 7) is 3.44. The van der Waals surface area contributed by atoms with E-state index in [9.17, 15) is 4.79 Å². The second-order valence-electron chi connectivity index (χ2n) is 3.57. The number of hydrogen-bond acceptors (Lipinski definition) is 3. The summed E-state index contributed by atoms with van der Waals surface area (Å²) in [4.78, 5) is 16.8.